The molecule has 0 aliphatic carbocycles. The summed E-state index contributed by atoms with van der Waals surface area (Å²) in [6.07, 6.45) is 4.16. The van der Waals surface area contributed by atoms with Crippen LogP contribution in [0.15, 0.2) is 47.2 Å². The molecule has 0 saturated heterocycles. The Labute approximate surface area is 128 Å². The van der Waals surface area contributed by atoms with Crippen molar-refractivity contribution in [2.75, 3.05) is 10.6 Å². The van der Waals surface area contributed by atoms with Gasteiger partial charge in [-0.15, -0.1) is 0 Å². The molecule has 2 rings (SSSR count). The van der Waals surface area contributed by atoms with E-state index in [1.807, 2.05) is 24.3 Å². The standard InChI is InChI=1S/C14H12Br2N2O/c15-6-5-10-1-3-13(4-2-10)18-14(19)11-7-12(16)9-17-8-11/h1-4,7-9H,5-6H2,(H,18,19). The van der Waals surface area contributed by atoms with Crippen LogP contribution >= 0.6 is 31.9 Å². The maximum Gasteiger partial charge on any atom is 0.257 e. The van der Waals surface area contributed by atoms with E-state index in [9.17, 15) is 4.79 Å². The van der Waals surface area contributed by atoms with Crippen LogP contribution in [0.5, 0.6) is 0 Å². The molecule has 0 spiro atoms. The van der Waals surface area contributed by atoms with E-state index in [-0.39, 0.29) is 5.91 Å². The maximum absolute atomic E-state index is 12.0. The van der Waals surface area contributed by atoms with Crippen molar-refractivity contribution in [3.63, 3.8) is 0 Å². The molecule has 0 unspecified atom stereocenters. The van der Waals surface area contributed by atoms with Crippen molar-refractivity contribution in [3.8, 4) is 0 Å². The van der Waals surface area contributed by atoms with Crippen LogP contribution in [0.25, 0.3) is 0 Å². The molecule has 0 fully saturated rings. The van der Waals surface area contributed by atoms with Crippen molar-refractivity contribution >= 4 is 43.5 Å². The number of rotatable bonds is 4. The Morgan fingerprint density at radius 3 is 2.58 bits per heavy atom. The maximum atomic E-state index is 12.0. The first kappa shape index (κ1) is 14.2. The van der Waals surface area contributed by atoms with Gasteiger partial charge in [0, 0.05) is 27.9 Å². The molecule has 19 heavy (non-hydrogen) atoms. The van der Waals surface area contributed by atoms with Gasteiger partial charge in [-0.05, 0) is 46.1 Å². The van der Waals surface area contributed by atoms with Gasteiger partial charge < -0.3 is 5.32 Å². The number of halogens is 2. The highest BCUT2D eigenvalue weighted by Gasteiger charge is 2.06. The number of carbonyl (C=O) groups excluding carboxylic acids is 1. The molecule has 0 bridgehead atoms. The third-order valence-corrected chi connectivity index (χ3v) is 3.39. The van der Waals surface area contributed by atoms with E-state index < -0.39 is 0 Å². The van der Waals surface area contributed by atoms with E-state index in [4.69, 9.17) is 0 Å². The minimum Gasteiger partial charge on any atom is -0.322 e. The van der Waals surface area contributed by atoms with E-state index in [0.29, 0.717) is 5.56 Å². The lowest BCUT2D eigenvalue weighted by Gasteiger charge is -2.06. The summed E-state index contributed by atoms with van der Waals surface area (Å²) in [6, 6.07) is 9.57. The molecular weight excluding hydrogens is 372 g/mol. The molecule has 1 aromatic heterocycles. The molecular formula is C14H12Br2N2O. The zero-order valence-electron chi connectivity index (χ0n) is 10.1. The molecule has 0 aliphatic heterocycles. The first-order valence-electron chi connectivity index (χ1n) is 5.76. The Morgan fingerprint density at radius 2 is 1.95 bits per heavy atom. The Hall–Kier alpha value is -1.20. The largest absolute Gasteiger partial charge is 0.322 e. The lowest BCUT2D eigenvalue weighted by molar-refractivity contribution is 0.102. The van der Waals surface area contributed by atoms with Crippen LogP contribution in [0.3, 0.4) is 0 Å². The van der Waals surface area contributed by atoms with Gasteiger partial charge in [0.25, 0.3) is 5.91 Å². The third kappa shape index (κ3) is 4.14. The van der Waals surface area contributed by atoms with Gasteiger partial charge in [0.15, 0.2) is 0 Å². The van der Waals surface area contributed by atoms with Gasteiger partial charge >= 0.3 is 0 Å². The zero-order chi connectivity index (χ0) is 13.7. The Bertz CT molecular complexity index is 570. The van der Waals surface area contributed by atoms with Crippen LogP contribution in [-0.4, -0.2) is 16.2 Å². The molecule has 0 saturated carbocycles. The van der Waals surface area contributed by atoms with E-state index in [1.165, 1.54) is 5.56 Å². The van der Waals surface area contributed by atoms with Crippen LogP contribution < -0.4 is 5.32 Å². The Balaban J connectivity index is 2.06. The lowest BCUT2D eigenvalue weighted by atomic mass is 10.1. The number of amides is 1. The monoisotopic (exact) mass is 382 g/mol. The number of aromatic nitrogens is 1. The predicted octanol–water partition coefficient (Wildman–Crippen LogP) is 4.03. The second-order valence-corrected chi connectivity index (χ2v) is 5.69. The Morgan fingerprint density at radius 1 is 1.21 bits per heavy atom. The summed E-state index contributed by atoms with van der Waals surface area (Å²) >= 11 is 6.70. The summed E-state index contributed by atoms with van der Waals surface area (Å²) < 4.78 is 0.785. The van der Waals surface area contributed by atoms with Crippen LogP contribution in [0, 0.1) is 0 Å². The number of alkyl halides is 1. The summed E-state index contributed by atoms with van der Waals surface area (Å²) in [6.45, 7) is 0. The molecule has 5 heteroatoms. The molecule has 1 aromatic carbocycles. The molecule has 1 amide bonds. The second kappa shape index (κ2) is 6.82. The van der Waals surface area contributed by atoms with E-state index in [0.717, 1.165) is 21.9 Å². The average molecular weight is 384 g/mol. The van der Waals surface area contributed by atoms with Crippen molar-refractivity contribution in [2.24, 2.45) is 0 Å². The van der Waals surface area contributed by atoms with Gasteiger partial charge in [-0.1, -0.05) is 28.1 Å². The fraction of sp³-hybridized carbons (Fsp3) is 0.143. The van der Waals surface area contributed by atoms with Gasteiger partial charge in [-0.25, -0.2) is 0 Å². The fourth-order valence-corrected chi connectivity index (χ4v) is 2.43. The highest BCUT2D eigenvalue weighted by molar-refractivity contribution is 9.10. The molecule has 0 atom stereocenters. The summed E-state index contributed by atoms with van der Waals surface area (Å²) in [5, 5.41) is 3.78. The number of carbonyl (C=O) groups is 1. The van der Waals surface area contributed by atoms with Crippen LogP contribution in [0.4, 0.5) is 5.69 Å². The average Bonchev–Trinajstić information content (AvgIpc) is 2.41. The first-order valence-corrected chi connectivity index (χ1v) is 7.67. The van der Waals surface area contributed by atoms with Gasteiger partial charge in [0.2, 0.25) is 0 Å². The number of benzene rings is 1. The van der Waals surface area contributed by atoms with Crippen molar-refractivity contribution in [1.29, 1.82) is 0 Å². The topological polar surface area (TPSA) is 42.0 Å². The van der Waals surface area contributed by atoms with Crippen molar-refractivity contribution in [3.05, 3.63) is 58.3 Å². The van der Waals surface area contributed by atoms with Crippen LogP contribution in [0.2, 0.25) is 0 Å². The molecule has 1 heterocycles. The molecule has 2 aromatic rings. The number of hydrogen-bond donors (Lipinski definition) is 1. The SMILES string of the molecule is O=C(Nc1ccc(CCBr)cc1)c1cncc(Br)c1. The number of hydrogen-bond acceptors (Lipinski definition) is 2. The smallest absolute Gasteiger partial charge is 0.257 e. The highest BCUT2D eigenvalue weighted by atomic mass is 79.9. The summed E-state index contributed by atoms with van der Waals surface area (Å²) in [5.41, 5.74) is 2.54. The molecule has 1 N–H and O–H groups in total. The summed E-state index contributed by atoms with van der Waals surface area (Å²) in [5.74, 6) is -0.165. The van der Waals surface area contributed by atoms with Crippen molar-refractivity contribution in [2.45, 2.75) is 6.42 Å². The number of aryl methyl sites for hydroxylation is 1. The molecule has 3 nitrogen and oxygen atoms in total. The van der Waals surface area contributed by atoms with Gasteiger partial charge in [0.05, 0.1) is 5.56 Å². The number of pyridine rings is 1. The third-order valence-electron chi connectivity index (χ3n) is 2.56. The number of nitrogens with zero attached hydrogens (tertiary/aromatic N) is 1. The quantitative estimate of drug-likeness (QED) is 0.809. The van der Waals surface area contributed by atoms with Gasteiger partial charge in [-0.2, -0.15) is 0 Å². The van der Waals surface area contributed by atoms with Crippen molar-refractivity contribution in [1.82, 2.24) is 4.98 Å². The zero-order valence-corrected chi connectivity index (χ0v) is 13.2. The summed E-state index contributed by atoms with van der Waals surface area (Å²) in [7, 11) is 0. The molecule has 0 radical (unpaired) electrons. The van der Waals surface area contributed by atoms with Gasteiger partial charge in [-0.3, -0.25) is 9.78 Å². The summed E-state index contributed by atoms with van der Waals surface area (Å²) in [4.78, 5) is 16.0. The van der Waals surface area contributed by atoms with Crippen molar-refractivity contribution < 1.29 is 4.79 Å². The predicted molar refractivity (Wildman–Crippen MR) is 83.8 cm³/mol. The van der Waals surface area contributed by atoms with E-state index in [2.05, 4.69) is 42.2 Å². The minimum absolute atomic E-state index is 0.165. The van der Waals surface area contributed by atoms with E-state index in [1.54, 1.807) is 18.5 Å². The normalized spacial score (nSPS) is 10.2. The number of anilines is 1. The molecule has 0 aliphatic rings. The first-order chi connectivity index (χ1) is 9.19. The second-order valence-electron chi connectivity index (χ2n) is 3.98. The van der Waals surface area contributed by atoms with Gasteiger partial charge in [0.1, 0.15) is 0 Å². The fourth-order valence-electron chi connectivity index (χ4n) is 1.60. The molecule has 98 valence electrons. The minimum atomic E-state index is -0.165. The number of nitrogens with one attached hydrogen (secondary N) is 1. The lowest BCUT2D eigenvalue weighted by Crippen LogP contribution is -2.12. The Kier molecular flexibility index (Phi) is 5.10. The van der Waals surface area contributed by atoms with Crippen LogP contribution in [0.1, 0.15) is 15.9 Å². The van der Waals surface area contributed by atoms with E-state index >= 15 is 0 Å². The highest BCUT2D eigenvalue weighted by Crippen LogP contribution is 2.14. The van der Waals surface area contributed by atoms with Crippen LogP contribution in [-0.2, 0) is 6.42 Å².